The number of aryl methyl sites for hydroxylation is 2. The van der Waals surface area contributed by atoms with Crippen LogP contribution in [0.25, 0.3) is 0 Å². The Hall–Kier alpha value is -3.46. The third-order valence-electron chi connectivity index (χ3n) is 6.79. The monoisotopic (exact) mass is 593 g/mol. The maximum absolute atomic E-state index is 13.7. The summed E-state index contributed by atoms with van der Waals surface area (Å²) in [7, 11) is 0. The van der Waals surface area contributed by atoms with Gasteiger partial charge < -0.3 is 20.9 Å². The van der Waals surface area contributed by atoms with Crippen molar-refractivity contribution in [2.45, 2.75) is 33.2 Å². The van der Waals surface area contributed by atoms with Gasteiger partial charge in [-0.15, -0.1) is 0 Å². The first-order valence-electron chi connectivity index (χ1n) is 12.9. The Morgan fingerprint density at radius 2 is 1.62 bits per heavy atom. The second kappa shape index (κ2) is 12.0. The van der Waals surface area contributed by atoms with Crippen molar-refractivity contribution in [2.24, 2.45) is 4.99 Å². The molecular weight excluding hydrogens is 565 g/mol. The number of amidine groups is 1. The van der Waals surface area contributed by atoms with Crippen LogP contribution in [-0.2, 0) is 4.79 Å². The zero-order valence-electron chi connectivity index (χ0n) is 22.3. The van der Waals surface area contributed by atoms with Crippen LogP contribution in [0.2, 0.25) is 10.0 Å². The number of halogens is 2. The summed E-state index contributed by atoms with van der Waals surface area (Å²) in [5.41, 5.74) is 6.33. The largest absolute Gasteiger partial charge is 0.340 e. The highest BCUT2D eigenvalue weighted by atomic mass is 35.5. The van der Waals surface area contributed by atoms with Crippen LogP contribution in [0.1, 0.15) is 36.1 Å². The highest BCUT2D eigenvalue weighted by molar-refractivity contribution is 8.13. The number of benzene rings is 3. The molecule has 10 heteroatoms. The Balaban J connectivity index is 1.38. The molecule has 40 heavy (non-hydrogen) atoms. The van der Waals surface area contributed by atoms with E-state index >= 15 is 0 Å². The number of thioether (sulfide) groups is 1. The van der Waals surface area contributed by atoms with Crippen LogP contribution < -0.4 is 16.0 Å². The Morgan fingerprint density at radius 1 is 0.900 bits per heavy atom. The molecular formula is C30H29Cl2N5O2S. The zero-order chi connectivity index (χ0) is 28.4. The number of urea groups is 1. The standard InChI is InChI=1S/C30H29Cl2N5O2S/c1-17-5-12-25(18(2)15-17)36-28(38)26-19(3)33-30-37(13-4-14-40-30)27(26)20-6-8-21(9-7-20)34-29(39)35-22-10-11-23(31)24(32)16-22/h5-12,15-16,27H,4,13-14H2,1-3H3,(H,36,38)(H2,34,35,39). The van der Waals surface area contributed by atoms with Gasteiger partial charge in [-0.25, -0.2) is 9.79 Å². The second-order valence-electron chi connectivity index (χ2n) is 9.79. The summed E-state index contributed by atoms with van der Waals surface area (Å²) in [4.78, 5) is 33.3. The van der Waals surface area contributed by atoms with E-state index in [0.717, 1.165) is 46.3 Å². The van der Waals surface area contributed by atoms with E-state index in [1.807, 2.05) is 57.2 Å². The highest BCUT2D eigenvalue weighted by Crippen LogP contribution is 2.40. The van der Waals surface area contributed by atoms with Gasteiger partial charge in [0.1, 0.15) is 0 Å². The first-order valence-corrected chi connectivity index (χ1v) is 14.6. The molecule has 3 aromatic rings. The molecule has 0 bridgehead atoms. The smallest absolute Gasteiger partial charge is 0.323 e. The summed E-state index contributed by atoms with van der Waals surface area (Å²) in [5, 5.41) is 10.4. The van der Waals surface area contributed by atoms with Crippen molar-refractivity contribution in [2.75, 3.05) is 28.2 Å². The molecule has 1 unspecified atom stereocenters. The molecule has 0 aromatic heterocycles. The lowest BCUT2D eigenvalue weighted by Crippen LogP contribution is -2.43. The number of nitrogens with one attached hydrogen (secondary N) is 3. The Bertz CT molecular complexity index is 1540. The van der Waals surface area contributed by atoms with Crippen molar-refractivity contribution in [3.63, 3.8) is 0 Å². The van der Waals surface area contributed by atoms with Crippen LogP contribution in [0.4, 0.5) is 21.9 Å². The first kappa shape index (κ1) is 28.1. The van der Waals surface area contributed by atoms with Crippen LogP contribution in [0.15, 0.2) is 76.9 Å². The molecule has 0 spiro atoms. The van der Waals surface area contributed by atoms with Gasteiger partial charge in [-0.1, -0.05) is 64.8 Å². The molecule has 1 fully saturated rings. The predicted molar refractivity (Wildman–Crippen MR) is 167 cm³/mol. The molecule has 2 aliphatic heterocycles. The number of hydrogen-bond acceptors (Lipinski definition) is 5. The number of anilines is 3. The number of hydrogen-bond donors (Lipinski definition) is 3. The summed E-state index contributed by atoms with van der Waals surface area (Å²) < 4.78 is 0. The third-order valence-corrected chi connectivity index (χ3v) is 8.61. The molecule has 5 rings (SSSR count). The molecule has 0 saturated carbocycles. The number of fused-ring (bicyclic) bond motifs is 1. The Kier molecular flexibility index (Phi) is 8.40. The van der Waals surface area contributed by atoms with Crippen molar-refractivity contribution in [1.82, 2.24) is 4.90 Å². The zero-order valence-corrected chi connectivity index (χ0v) is 24.7. The Morgan fingerprint density at radius 3 is 2.35 bits per heavy atom. The summed E-state index contributed by atoms with van der Waals surface area (Å²) in [6.45, 7) is 6.72. The van der Waals surface area contributed by atoms with Crippen molar-refractivity contribution in [1.29, 1.82) is 0 Å². The lowest BCUT2D eigenvalue weighted by atomic mass is 9.93. The molecule has 206 valence electrons. The van der Waals surface area contributed by atoms with Gasteiger partial charge >= 0.3 is 6.03 Å². The van der Waals surface area contributed by atoms with Crippen LogP contribution in [-0.4, -0.2) is 34.3 Å². The lowest BCUT2D eigenvalue weighted by molar-refractivity contribution is -0.113. The molecule has 2 heterocycles. The van der Waals surface area contributed by atoms with Gasteiger partial charge in [-0.05, 0) is 74.7 Å². The quantitative estimate of drug-likeness (QED) is 0.279. The molecule has 0 aliphatic carbocycles. The molecule has 1 atom stereocenters. The van der Waals surface area contributed by atoms with E-state index in [0.29, 0.717) is 32.7 Å². The average Bonchev–Trinajstić information content (AvgIpc) is 2.92. The number of nitrogens with zero attached hydrogens (tertiary/aromatic N) is 2. The summed E-state index contributed by atoms with van der Waals surface area (Å²) in [6.07, 6.45) is 1.000. The number of aliphatic imine (C=N–C) groups is 1. The van der Waals surface area contributed by atoms with Gasteiger partial charge in [-0.3, -0.25) is 4.79 Å². The normalized spacial score (nSPS) is 16.7. The van der Waals surface area contributed by atoms with Crippen LogP contribution >= 0.6 is 35.0 Å². The van der Waals surface area contributed by atoms with Crippen LogP contribution in [0.3, 0.4) is 0 Å². The maximum atomic E-state index is 13.7. The van der Waals surface area contributed by atoms with Gasteiger partial charge in [0.15, 0.2) is 5.17 Å². The van der Waals surface area contributed by atoms with Gasteiger partial charge in [0.25, 0.3) is 5.91 Å². The average molecular weight is 595 g/mol. The molecule has 3 aromatic carbocycles. The van der Waals surface area contributed by atoms with Crippen molar-refractivity contribution in [3.05, 3.63) is 98.7 Å². The fourth-order valence-electron chi connectivity index (χ4n) is 4.86. The first-order chi connectivity index (χ1) is 19.2. The number of rotatable bonds is 5. The number of amides is 3. The summed E-state index contributed by atoms with van der Waals surface area (Å²) >= 11 is 13.7. The topological polar surface area (TPSA) is 85.8 Å². The SMILES string of the molecule is CC1=C(C(=O)Nc2ccc(C)cc2C)C(c2ccc(NC(=O)Nc3ccc(Cl)c(Cl)c3)cc2)N2CCCSC2=N1. The minimum absolute atomic E-state index is 0.170. The van der Waals surface area contributed by atoms with E-state index < -0.39 is 6.03 Å². The minimum atomic E-state index is -0.407. The van der Waals surface area contributed by atoms with Gasteiger partial charge in [-0.2, -0.15) is 0 Å². The molecule has 3 N–H and O–H groups in total. The van der Waals surface area contributed by atoms with Crippen molar-refractivity contribution < 1.29 is 9.59 Å². The maximum Gasteiger partial charge on any atom is 0.323 e. The molecule has 3 amide bonds. The fraction of sp³-hybridized carbons (Fsp3) is 0.233. The van der Waals surface area contributed by atoms with E-state index in [2.05, 4.69) is 26.9 Å². The second-order valence-corrected chi connectivity index (χ2v) is 11.7. The van der Waals surface area contributed by atoms with Crippen molar-refractivity contribution >= 4 is 69.1 Å². The van der Waals surface area contributed by atoms with Gasteiger partial charge in [0.05, 0.1) is 27.4 Å². The minimum Gasteiger partial charge on any atom is -0.340 e. The molecule has 7 nitrogen and oxygen atoms in total. The third kappa shape index (κ3) is 6.14. The summed E-state index contributed by atoms with van der Waals surface area (Å²) in [6, 6.07) is 17.7. The number of allylic oxidation sites excluding steroid dienone is 1. The number of carbonyl (C=O) groups excluding carboxylic acids is 2. The highest BCUT2D eigenvalue weighted by Gasteiger charge is 2.37. The van der Waals surface area contributed by atoms with E-state index in [-0.39, 0.29) is 11.9 Å². The molecule has 0 radical (unpaired) electrons. The lowest BCUT2D eigenvalue weighted by Gasteiger charge is -2.41. The predicted octanol–water partition coefficient (Wildman–Crippen LogP) is 8.02. The molecule has 1 saturated heterocycles. The van der Waals surface area contributed by atoms with E-state index in [1.54, 1.807) is 30.0 Å². The number of carbonyl (C=O) groups is 2. The van der Waals surface area contributed by atoms with Gasteiger partial charge in [0, 0.05) is 29.4 Å². The van der Waals surface area contributed by atoms with E-state index in [4.69, 9.17) is 28.2 Å². The Labute approximate surface area is 248 Å². The van der Waals surface area contributed by atoms with Crippen LogP contribution in [0.5, 0.6) is 0 Å². The fourth-order valence-corrected chi connectivity index (χ4v) is 6.18. The summed E-state index contributed by atoms with van der Waals surface area (Å²) in [5.74, 6) is 0.826. The van der Waals surface area contributed by atoms with E-state index in [1.165, 1.54) is 0 Å². The van der Waals surface area contributed by atoms with Crippen molar-refractivity contribution in [3.8, 4) is 0 Å². The van der Waals surface area contributed by atoms with E-state index in [9.17, 15) is 9.59 Å². The van der Waals surface area contributed by atoms with Gasteiger partial charge in [0.2, 0.25) is 0 Å². The molecule has 2 aliphatic rings. The van der Waals surface area contributed by atoms with Crippen LogP contribution in [0, 0.1) is 13.8 Å².